The highest BCUT2D eigenvalue weighted by Gasteiger charge is 2.08. The number of ketones is 1. The van der Waals surface area contributed by atoms with E-state index < -0.39 is 0 Å². The molecular weight excluding hydrogens is 204 g/mol. The zero-order valence-corrected chi connectivity index (χ0v) is 9.01. The lowest BCUT2D eigenvalue weighted by Gasteiger charge is -2.03. The molecular formula is C12H12N2O2. The van der Waals surface area contributed by atoms with Gasteiger partial charge in [-0.05, 0) is 6.07 Å². The van der Waals surface area contributed by atoms with Crippen LogP contribution in [0.2, 0.25) is 0 Å². The topological polar surface area (TPSA) is 52.1 Å². The number of ether oxygens (including phenoxy) is 1. The molecule has 0 N–H and O–H groups in total. The van der Waals surface area contributed by atoms with Crippen LogP contribution in [-0.4, -0.2) is 29.5 Å². The molecule has 0 saturated heterocycles. The summed E-state index contributed by atoms with van der Waals surface area (Å²) in [5, 5.41) is 0.925. The Morgan fingerprint density at radius 1 is 1.31 bits per heavy atom. The van der Waals surface area contributed by atoms with Crippen molar-refractivity contribution >= 4 is 16.7 Å². The first kappa shape index (κ1) is 10.7. The normalized spacial score (nSPS) is 10.6. The summed E-state index contributed by atoms with van der Waals surface area (Å²) in [5.74, 6) is 0.0198. The van der Waals surface area contributed by atoms with Crippen LogP contribution in [0.4, 0.5) is 0 Å². The molecule has 16 heavy (non-hydrogen) atoms. The molecule has 0 fully saturated rings. The Morgan fingerprint density at radius 3 is 2.94 bits per heavy atom. The number of carbonyl (C=O) groups excluding carboxylic acids is 1. The highest BCUT2D eigenvalue weighted by atomic mass is 16.5. The second-order valence-corrected chi connectivity index (χ2v) is 3.49. The fourth-order valence-corrected chi connectivity index (χ4v) is 1.60. The molecule has 2 aromatic rings. The van der Waals surface area contributed by atoms with Crippen LogP contribution < -0.4 is 0 Å². The van der Waals surface area contributed by atoms with Gasteiger partial charge in [-0.15, -0.1) is 0 Å². The summed E-state index contributed by atoms with van der Waals surface area (Å²) in [7, 11) is 1.51. The zero-order valence-electron chi connectivity index (χ0n) is 9.01. The summed E-state index contributed by atoms with van der Waals surface area (Å²) in [6.45, 7) is 0.123. The Kier molecular flexibility index (Phi) is 3.22. The summed E-state index contributed by atoms with van der Waals surface area (Å²) >= 11 is 0. The molecule has 0 amide bonds. The van der Waals surface area contributed by atoms with Crippen LogP contribution in [0.25, 0.3) is 10.9 Å². The lowest BCUT2D eigenvalue weighted by atomic mass is 10.1. The van der Waals surface area contributed by atoms with Crippen molar-refractivity contribution in [1.29, 1.82) is 0 Å². The molecule has 0 spiro atoms. The van der Waals surface area contributed by atoms with E-state index >= 15 is 0 Å². The number of para-hydroxylation sites is 1. The molecule has 1 aromatic heterocycles. The van der Waals surface area contributed by atoms with Crippen LogP contribution in [0.3, 0.4) is 0 Å². The molecule has 0 aliphatic heterocycles. The van der Waals surface area contributed by atoms with Gasteiger partial charge in [0.05, 0.1) is 17.6 Å². The standard InChI is InChI=1S/C12H12N2O2/c1-16-7-9(15)6-12-10-4-2-3-5-11(10)13-8-14-12/h2-5,8H,6-7H2,1H3. The molecule has 0 aliphatic carbocycles. The number of hydrogen-bond acceptors (Lipinski definition) is 4. The van der Waals surface area contributed by atoms with E-state index in [1.807, 2.05) is 24.3 Å². The van der Waals surface area contributed by atoms with E-state index in [0.29, 0.717) is 0 Å². The minimum atomic E-state index is 0.0198. The minimum absolute atomic E-state index is 0.0198. The molecule has 4 nitrogen and oxygen atoms in total. The largest absolute Gasteiger partial charge is 0.377 e. The lowest BCUT2D eigenvalue weighted by molar-refractivity contribution is -0.122. The molecule has 4 heteroatoms. The predicted octanol–water partition coefficient (Wildman–Crippen LogP) is 1.39. The summed E-state index contributed by atoms with van der Waals surface area (Å²) < 4.78 is 4.79. The molecule has 82 valence electrons. The van der Waals surface area contributed by atoms with Crippen molar-refractivity contribution in [3.05, 3.63) is 36.3 Å². The van der Waals surface area contributed by atoms with Gasteiger partial charge in [-0.25, -0.2) is 9.97 Å². The third-order valence-corrected chi connectivity index (χ3v) is 2.30. The van der Waals surface area contributed by atoms with Crippen molar-refractivity contribution in [1.82, 2.24) is 9.97 Å². The molecule has 0 radical (unpaired) electrons. The Hall–Kier alpha value is -1.81. The molecule has 0 unspecified atom stereocenters. The SMILES string of the molecule is COCC(=O)Cc1ncnc2ccccc12. The number of fused-ring (bicyclic) bond motifs is 1. The predicted molar refractivity (Wildman–Crippen MR) is 60.1 cm³/mol. The molecule has 2 rings (SSSR count). The van der Waals surface area contributed by atoms with Crippen molar-refractivity contribution in [3.8, 4) is 0 Å². The molecule has 0 saturated carbocycles. The van der Waals surface area contributed by atoms with E-state index in [1.54, 1.807) is 0 Å². The molecule has 0 atom stereocenters. The average molecular weight is 216 g/mol. The number of aromatic nitrogens is 2. The number of nitrogens with zero attached hydrogens (tertiary/aromatic N) is 2. The number of hydrogen-bond donors (Lipinski definition) is 0. The fraction of sp³-hybridized carbons (Fsp3) is 0.250. The lowest BCUT2D eigenvalue weighted by Crippen LogP contribution is -2.11. The van der Waals surface area contributed by atoms with E-state index in [-0.39, 0.29) is 18.8 Å². The van der Waals surface area contributed by atoms with Crippen LogP contribution in [-0.2, 0) is 16.0 Å². The maximum atomic E-state index is 11.5. The van der Waals surface area contributed by atoms with Gasteiger partial charge in [-0.2, -0.15) is 0 Å². The minimum Gasteiger partial charge on any atom is -0.377 e. The van der Waals surface area contributed by atoms with E-state index in [1.165, 1.54) is 13.4 Å². The first-order chi connectivity index (χ1) is 7.81. The van der Waals surface area contributed by atoms with E-state index in [2.05, 4.69) is 9.97 Å². The van der Waals surface area contributed by atoms with E-state index in [4.69, 9.17) is 4.74 Å². The second kappa shape index (κ2) is 4.81. The quantitative estimate of drug-likeness (QED) is 0.775. The van der Waals surface area contributed by atoms with E-state index in [9.17, 15) is 4.79 Å². The van der Waals surface area contributed by atoms with Crippen LogP contribution in [0.1, 0.15) is 5.69 Å². The highest BCUT2D eigenvalue weighted by molar-refractivity contribution is 5.88. The number of benzene rings is 1. The van der Waals surface area contributed by atoms with Crippen LogP contribution in [0.15, 0.2) is 30.6 Å². The molecule has 0 bridgehead atoms. The van der Waals surface area contributed by atoms with Gasteiger partial charge >= 0.3 is 0 Å². The molecule has 1 heterocycles. The Morgan fingerprint density at radius 2 is 2.12 bits per heavy atom. The average Bonchev–Trinajstić information content (AvgIpc) is 2.30. The van der Waals surface area contributed by atoms with Gasteiger partial charge < -0.3 is 4.74 Å². The van der Waals surface area contributed by atoms with Gasteiger partial charge in [0.15, 0.2) is 5.78 Å². The monoisotopic (exact) mass is 216 g/mol. The first-order valence-electron chi connectivity index (χ1n) is 5.00. The number of rotatable bonds is 4. The summed E-state index contributed by atoms with van der Waals surface area (Å²) in [6, 6.07) is 7.65. The van der Waals surface area contributed by atoms with Crippen LogP contribution in [0, 0.1) is 0 Å². The molecule has 0 aliphatic rings. The third kappa shape index (κ3) is 2.23. The van der Waals surface area contributed by atoms with Crippen molar-refractivity contribution in [2.45, 2.75) is 6.42 Å². The Labute approximate surface area is 93.3 Å². The van der Waals surface area contributed by atoms with Crippen molar-refractivity contribution in [3.63, 3.8) is 0 Å². The van der Waals surface area contributed by atoms with Crippen molar-refractivity contribution < 1.29 is 9.53 Å². The van der Waals surface area contributed by atoms with E-state index in [0.717, 1.165) is 16.6 Å². The van der Waals surface area contributed by atoms with Crippen LogP contribution in [0.5, 0.6) is 0 Å². The van der Waals surface area contributed by atoms with Gasteiger partial charge in [-0.3, -0.25) is 4.79 Å². The van der Waals surface area contributed by atoms with Crippen molar-refractivity contribution in [2.24, 2.45) is 0 Å². The third-order valence-electron chi connectivity index (χ3n) is 2.30. The highest BCUT2D eigenvalue weighted by Crippen LogP contribution is 2.14. The van der Waals surface area contributed by atoms with Crippen LogP contribution >= 0.6 is 0 Å². The second-order valence-electron chi connectivity index (χ2n) is 3.49. The van der Waals surface area contributed by atoms with Gasteiger partial charge in [0, 0.05) is 12.5 Å². The number of Topliss-reactive ketones (excluding diaryl/α,β-unsaturated/α-hetero) is 1. The van der Waals surface area contributed by atoms with Gasteiger partial charge in [0.25, 0.3) is 0 Å². The maximum absolute atomic E-state index is 11.5. The maximum Gasteiger partial charge on any atom is 0.164 e. The number of carbonyl (C=O) groups is 1. The van der Waals surface area contributed by atoms with Gasteiger partial charge in [-0.1, -0.05) is 18.2 Å². The van der Waals surface area contributed by atoms with Gasteiger partial charge in [0.1, 0.15) is 12.9 Å². The summed E-state index contributed by atoms with van der Waals surface area (Å²) in [4.78, 5) is 19.8. The Balaban J connectivity index is 2.33. The van der Waals surface area contributed by atoms with Crippen molar-refractivity contribution in [2.75, 3.05) is 13.7 Å². The molecule has 1 aromatic carbocycles. The first-order valence-corrected chi connectivity index (χ1v) is 5.00. The zero-order chi connectivity index (χ0) is 11.4. The fourth-order valence-electron chi connectivity index (χ4n) is 1.60. The summed E-state index contributed by atoms with van der Waals surface area (Å²) in [5.41, 5.74) is 1.62. The Bertz CT molecular complexity index is 506. The van der Waals surface area contributed by atoms with Gasteiger partial charge in [0.2, 0.25) is 0 Å². The summed E-state index contributed by atoms with van der Waals surface area (Å²) in [6.07, 6.45) is 1.77. The number of methoxy groups -OCH3 is 1. The smallest absolute Gasteiger partial charge is 0.164 e.